The second kappa shape index (κ2) is 16.6. The summed E-state index contributed by atoms with van der Waals surface area (Å²) in [6.07, 6.45) is 9.42. The van der Waals surface area contributed by atoms with E-state index in [1.165, 1.54) is 16.8 Å². The van der Waals surface area contributed by atoms with E-state index < -0.39 is 0 Å². The van der Waals surface area contributed by atoms with Crippen molar-refractivity contribution in [3.8, 4) is 45.3 Å². The molecule has 0 saturated heterocycles. The largest absolute Gasteiger partial charge is 3.00 e. The fourth-order valence-electron chi connectivity index (χ4n) is 6.76. The van der Waals surface area contributed by atoms with Crippen molar-refractivity contribution in [3.05, 3.63) is 182 Å². The molecule has 270 valence electrons. The monoisotopic (exact) mass is 894 g/mol. The van der Waals surface area contributed by atoms with Gasteiger partial charge < -0.3 is 14.0 Å². The molecule has 0 aliphatic heterocycles. The van der Waals surface area contributed by atoms with Crippen LogP contribution >= 0.6 is 0 Å². The van der Waals surface area contributed by atoms with Crippen LogP contribution in [0, 0.1) is 18.5 Å². The van der Waals surface area contributed by atoms with Crippen LogP contribution in [0.4, 0.5) is 0 Å². The summed E-state index contributed by atoms with van der Waals surface area (Å²) in [5.41, 5.74) is 10.6. The standard InChI is InChI=1S/C37H31N4O.C11H8N.Ir/c1-24(2)28-17-11-18-29(25(3)4)34(28)41-22-21-40(23-41)31-20-12-19-30-32-33(26-13-7-5-8-14-26)38-36(27-15-9-6-10-16-27)39-37(32)42-35(30)31;1-2-6-10(7-3-1)11-8-4-5-9-12-11;/h5-19,21-22,24-25H,1-4H3;1-6,8-9H;/q2*-1;+3. The van der Waals surface area contributed by atoms with Crippen molar-refractivity contribution >= 4 is 22.1 Å². The van der Waals surface area contributed by atoms with E-state index in [1.54, 1.807) is 6.20 Å². The second-order valence-corrected chi connectivity index (χ2v) is 13.7. The van der Waals surface area contributed by atoms with E-state index in [4.69, 9.17) is 14.4 Å². The summed E-state index contributed by atoms with van der Waals surface area (Å²) in [5, 5.41) is 1.83. The van der Waals surface area contributed by atoms with Gasteiger partial charge in [-0.05, 0) is 40.4 Å². The molecule has 0 amide bonds. The molecule has 0 unspecified atom stereocenters. The number of nitrogens with zero attached hydrogens (tertiary/aromatic N) is 5. The quantitative estimate of drug-likeness (QED) is 0.118. The Bertz CT molecular complexity index is 2590. The fraction of sp³-hybridized carbons (Fsp3) is 0.125. The summed E-state index contributed by atoms with van der Waals surface area (Å²) < 4.78 is 10.6. The van der Waals surface area contributed by atoms with Gasteiger partial charge in [0.05, 0.1) is 11.4 Å². The molecule has 0 spiro atoms. The van der Waals surface area contributed by atoms with Gasteiger partial charge in [-0.1, -0.05) is 124 Å². The number of aromatic nitrogens is 5. The summed E-state index contributed by atoms with van der Waals surface area (Å²) in [5.74, 6) is 1.38. The summed E-state index contributed by atoms with van der Waals surface area (Å²) in [4.78, 5) is 14.2. The van der Waals surface area contributed by atoms with Crippen LogP contribution in [0.2, 0.25) is 0 Å². The molecule has 0 aliphatic rings. The molecular weight excluding hydrogens is 855 g/mol. The molecular formula is C48H39IrN5O+. The summed E-state index contributed by atoms with van der Waals surface area (Å²) in [6.45, 7) is 8.94. The van der Waals surface area contributed by atoms with E-state index in [0.29, 0.717) is 29.0 Å². The number of furan rings is 1. The van der Waals surface area contributed by atoms with Gasteiger partial charge in [0.25, 0.3) is 6.33 Å². The molecule has 0 N–H and O–H groups in total. The maximum atomic E-state index is 6.57. The Hall–Kier alpha value is -6.01. The zero-order valence-electron chi connectivity index (χ0n) is 31.1. The summed E-state index contributed by atoms with van der Waals surface area (Å²) in [7, 11) is 0. The SMILES string of the molecule is CC(C)c1cccc(C(C)C)c1-[n+]1[c-]n(-c2[c-]ccc3c2oc2nc(-c4ccccc4)nc(-c4ccccc4)c23)cc1.[Ir+3].[c-]1ccccc1-c1ccccn1. The van der Waals surface area contributed by atoms with Crippen LogP contribution in [0.5, 0.6) is 0 Å². The summed E-state index contributed by atoms with van der Waals surface area (Å²) in [6, 6.07) is 51.0. The molecule has 0 radical (unpaired) electrons. The van der Waals surface area contributed by atoms with Gasteiger partial charge in [-0.3, -0.25) is 4.57 Å². The van der Waals surface area contributed by atoms with Gasteiger partial charge in [0.1, 0.15) is 0 Å². The first-order valence-corrected chi connectivity index (χ1v) is 18.3. The molecule has 0 saturated carbocycles. The van der Waals surface area contributed by atoms with Crippen molar-refractivity contribution in [3.63, 3.8) is 0 Å². The third-order valence-corrected chi connectivity index (χ3v) is 9.41. The first kappa shape index (κ1) is 37.3. The van der Waals surface area contributed by atoms with Crippen molar-refractivity contribution < 1.29 is 29.1 Å². The average Bonchev–Trinajstić information content (AvgIpc) is 3.87. The topological polar surface area (TPSA) is 60.6 Å². The van der Waals surface area contributed by atoms with E-state index in [0.717, 1.165) is 44.5 Å². The number of fused-ring (bicyclic) bond motifs is 3. The molecule has 9 rings (SSSR count). The van der Waals surface area contributed by atoms with Gasteiger partial charge in [0, 0.05) is 40.7 Å². The normalized spacial score (nSPS) is 11.1. The Morgan fingerprint density at radius 3 is 2.02 bits per heavy atom. The molecule has 0 aliphatic carbocycles. The third-order valence-electron chi connectivity index (χ3n) is 9.41. The van der Waals surface area contributed by atoms with Crippen LogP contribution in [0.1, 0.15) is 50.7 Å². The molecule has 4 aromatic heterocycles. The zero-order valence-corrected chi connectivity index (χ0v) is 33.5. The third kappa shape index (κ3) is 7.68. The minimum absolute atomic E-state index is 0. The fourth-order valence-corrected chi connectivity index (χ4v) is 6.76. The minimum atomic E-state index is 0. The van der Waals surface area contributed by atoms with Gasteiger partial charge in [-0.25, -0.2) is 4.98 Å². The number of pyridine rings is 1. The van der Waals surface area contributed by atoms with E-state index in [9.17, 15) is 0 Å². The molecule has 0 bridgehead atoms. The van der Waals surface area contributed by atoms with Crippen molar-refractivity contribution in [1.29, 1.82) is 0 Å². The van der Waals surface area contributed by atoms with Crippen LogP contribution in [-0.4, -0.2) is 19.5 Å². The van der Waals surface area contributed by atoms with E-state index >= 15 is 0 Å². The average molecular weight is 894 g/mol. The molecule has 5 aromatic carbocycles. The van der Waals surface area contributed by atoms with Crippen LogP contribution in [0.15, 0.2) is 156 Å². The maximum absolute atomic E-state index is 6.57. The van der Waals surface area contributed by atoms with Crippen LogP contribution < -0.4 is 4.57 Å². The van der Waals surface area contributed by atoms with Crippen molar-refractivity contribution in [1.82, 2.24) is 19.5 Å². The van der Waals surface area contributed by atoms with Crippen molar-refractivity contribution in [2.75, 3.05) is 0 Å². The van der Waals surface area contributed by atoms with Gasteiger partial charge in [-0.2, -0.15) is 23.2 Å². The molecule has 0 atom stereocenters. The van der Waals surface area contributed by atoms with Crippen LogP contribution in [-0.2, 0) is 20.1 Å². The van der Waals surface area contributed by atoms with Gasteiger partial charge >= 0.3 is 20.1 Å². The van der Waals surface area contributed by atoms with Crippen molar-refractivity contribution in [2.45, 2.75) is 39.5 Å². The van der Waals surface area contributed by atoms with Gasteiger partial charge in [-0.15, -0.1) is 35.9 Å². The first-order valence-electron chi connectivity index (χ1n) is 18.3. The molecule has 6 nitrogen and oxygen atoms in total. The predicted molar refractivity (Wildman–Crippen MR) is 215 cm³/mol. The number of hydrogen-bond donors (Lipinski definition) is 0. The Labute approximate surface area is 335 Å². The Morgan fingerprint density at radius 1 is 0.673 bits per heavy atom. The predicted octanol–water partition coefficient (Wildman–Crippen LogP) is 11.2. The van der Waals surface area contributed by atoms with E-state index in [1.807, 2.05) is 114 Å². The first-order chi connectivity index (χ1) is 26.5. The smallest absolute Gasteiger partial charge is 0.505 e. The second-order valence-electron chi connectivity index (χ2n) is 13.7. The van der Waals surface area contributed by atoms with Crippen LogP contribution in [0.25, 0.3) is 67.3 Å². The number of benzene rings is 5. The number of para-hydroxylation sites is 1. The number of hydrogen-bond acceptors (Lipinski definition) is 4. The molecule has 7 heteroatoms. The Morgan fingerprint density at radius 2 is 1.36 bits per heavy atom. The van der Waals surface area contributed by atoms with Gasteiger partial charge in [0.2, 0.25) is 5.71 Å². The van der Waals surface area contributed by atoms with Crippen LogP contribution in [0.3, 0.4) is 0 Å². The van der Waals surface area contributed by atoms with Gasteiger partial charge in [0.15, 0.2) is 5.82 Å². The minimum Gasteiger partial charge on any atom is -0.505 e. The van der Waals surface area contributed by atoms with E-state index in [-0.39, 0.29) is 20.1 Å². The zero-order chi connectivity index (χ0) is 37.0. The molecule has 9 aromatic rings. The maximum Gasteiger partial charge on any atom is 3.00 e. The molecule has 0 fully saturated rings. The summed E-state index contributed by atoms with van der Waals surface area (Å²) >= 11 is 0. The molecule has 55 heavy (non-hydrogen) atoms. The van der Waals surface area contributed by atoms with Crippen molar-refractivity contribution in [2.24, 2.45) is 0 Å². The van der Waals surface area contributed by atoms with E-state index in [2.05, 4.69) is 92.2 Å². The molecule has 4 heterocycles. The number of rotatable bonds is 7. The number of imidazole rings is 1. The Balaban J connectivity index is 0.000000305. The Kier molecular flexibility index (Phi) is 11.2.